The van der Waals surface area contributed by atoms with Gasteiger partial charge < -0.3 is 10.4 Å². The van der Waals surface area contributed by atoms with Crippen LogP contribution in [-0.2, 0) is 9.84 Å². The van der Waals surface area contributed by atoms with Crippen molar-refractivity contribution in [2.24, 2.45) is 0 Å². The molecule has 0 amide bonds. The Bertz CT molecular complexity index is 1530. The van der Waals surface area contributed by atoms with Crippen molar-refractivity contribution in [3.63, 3.8) is 0 Å². The van der Waals surface area contributed by atoms with E-state index in [1.54, 1.807) is 17.5 Å². The number of benzene rings is 2. The Balaban J connectivity index is 1.33. The average molecular weight is 492 g/mol. The number of nitrogens with zero attached hydrogens (tertiary/aromatic N) is 4. The Labute approximate surface area is 200 Å². The van der Waals surface area contributed by atoms with E-state index in [-0.39, 0.29) is 16.4 Å². The summed E-state index contributed by atoms with van der Waals surface area (Å²) in [5, 5.41) is 14.5. The molecule has 3 heterocycles. The summed E-state index contributed by atoms with van der Waals surface area (Å²) in [5.41, 5.74) is 3.44. The van der Waals surface area contributed by atoms with Gasteiger partial charge in [0.05, 0.1) is 22.0 Å². The van der Waals surface area contributed by atoms with Gasteiger partial charge in [-0.3, -0.25) is 4.40 Å². The molecule has 0 unspecified atom stereocenters. The lowest BCUT2D eigenvalue weighted by atomic mass is 10.1. The summed E-state index contributed by atoms with van der Waals surface area (Å²) in [6.07, 6.45) is 4.03. The number of phenolic OH excluding ortho intramolecular Hbond substituents is 1. The Hall–Kier alpha value is -3.76. The zero-order valence-electron chi connectivity index (χ0n) is 18.0. The number of aromatic nitrogens is 4. The SMILES string of the molecule is O=S(=O)(CCCNc1nccc(-c2c(-c3ccccc3)nc3sccn23)n1)c1ccc(O)cc1. The van der Waals surface area contributed by atoms with E-state index in [1.165, 1.54) is 24.3 Å². The van der Waals surface area contributed by atoms with Crippen molar-refractivity contribution in [2.45, 2.75) is 11.3 Å². The van der Waals surface area contributed by atoms with Gasteiger partial charge in [0.1, 0.15) is 11.4 Å². The van der Waals surface area contributed by atoms with Crippen LogP contribution in [-0.4, -0.2) is 45.2 Å². The van der Waals surface area contributed by atoms with Gasteiger partial charge in [-0.15, -0.1) is 11.3 Å². The molecule has 0 aliphatic carbocycles. The zero-order valence-corrected chi connectivity index (χ0v) is 19.6. The fraction of sp³-hybridized carbons (Fsp3) is 0.125. The Morgan fingerprint density at radius 2 is 1.79 bits per heavy atom. The maximum absolute atomic E-state index is 12.5. The number of anilines is 1. The molecule has 10 heteroatoms. The van der Waals surface area contributed by atoms with Crippen LogP contribution in [0.2, 0.25) is 0 Å². The minimum atomic E-state index is -3.43. The molecule has 0 bridgehead atoms. The molecule has 2 N–H and O–H groups in total. The van der Waals surface area contributed by atoms with Gasteiger partial charge in [-0.25, -0.2) is 23.4 Å². The Morgan fingerprint density at radius 3 is 2.59 bits per heavy atom. The summed E-state index contributed by atoms with van der Waals surface area (Å²) in [7, 11) is -3.43. The van der Waals surface area contributed by atoms with E-state index in [2.05, 4.69) is 15.3 Å². The van der Waals surface area contributed by atoms with Gasteiger partial charge in [-0.2, -0.15) is 0 Å². The summed E-state index contributed by atoms with van der Waals surface area (Å²) in [5.74, 6) is 0.426. The molecule has 5 rings (SSSR count). The quantitative estimate of drug-likeness (QED) is 0.308. The Kier molecular flexibility index (Phi) is 5.99. The zero-order chi connectivity index (χ0) is 23.5. The maximum Gasteiger partial charge on any atom is 0.223 e. The molecule has 0 spiro atoms. The number of rotatable bonds is 8. The first-order valence-electron chi connectivity index (χ1n) is 10.6. The fourth-order valence-electron chi connectivity index (χ4n) is 3.64. The number of nitrogens with one attached hydrogen (secondary N) is 1. The number of hydrogen-bond donors (Lipinski definition) is 2. The molecular formula is C24H21N5O3S2. The fourth-order valence-corrected chi connectivity index (χ4v) is 5.66. The van der Waals surface area contributed by atoms with Crippen LogP contribution in [0.1, 0.15) is 6.42 Å². The third-order valence-corrected chi connectivity index (χ3v) is 7.85. The molecule has 172 valence electrons. The number of hydrogen-bond acceptors (Lipinski definition) is 8. The second kappa shape index (κ2) is 9.24. The molecule has 0 atom stereocenters. The van der Waals surface area contributed by atoms with Crippen LogP contribution < -0.4 is 5.32 Å². The smallest absolute Gasteiger partial charge is 0.223 e. The van der Waals surface area contributed by atoms with E-state index in [1.807, 2.05) is 52.4 Å². The monoisotopic (exact) mass is 491 g/mol. The van der Waals surface area contributed by atoms with Crippen LogP contribution in [0.3, 0.4) is 0 Å². The summed E-state index contributed by atoms with van der Waals surface area (Å²) in [6.45, 7) is 0.395. The molecule has 0 radical (unpaired) electrons. The van der Waals surface area contributed by atoms with E-state index in [4.69, 9.17) is 4.98 Å². The third-order valence-electron chi connectivity index (χ3n) is 5.28. The summed E-state index contributed by atoms with van der Waals surface area (Å²) < 4.78 is 27.0. The second-order valence-electron chi connectivity index (χ2n) is 7.59. The number of fused-ring (bicyclic) bond motifs is 1. The van der Waals surface area contributed by atoms with Crippen LogP contribution >= 0.6 is 11.3 Å². The molecule has 34 heavy (non-hydrogen) atoms. The summed E-state index contributed by atoms with van der Waals surface area (Å²) >= 11 is 1.56. The molecule has 0 saturated carbocycles. The van der Waals surface area contributed by atoms with Gasteiger partial charge in [0.15, 0.2) is 14.8 Å². The van der Waals surface area contributed by atoms with Gasteiger partial charge in [0.2, 0.25) is 5.95 Å². The van der Waals surface area contributed by atoms with Gasteiger partial charge >= 0.3 is 0 Å². The van der Waals surface area contributed by atoms with Crippen molar-refractivity contribution in [1.29, 1.82) is 0 Å². The van der Waals surface area contributed by atoms with Crippen molar-refractivity contribution in [2.75, 3.05) is 17.6 Å². The molecule has 0 saturated heterocycles. The molecule has 8 nitrogen and oxygen atoms in total. The average Bonchev–Trinajstić information content (AvgIpc) is 3.44. The number of phenols is 1. The minimum absolute atomic E-state index is 0.0270. The molecule has 0 aliphatic rings. The van der Waals surface area contributed by atoms with Crippen molar-refractivity contribution < 1.29 is 13.5 Å². The van der Waals surface area contributed by atoms with Crippen molar-refractivity contribution in [3.8, 4) is 28.4 Å². The van der Waals surface area contributed by atoms with E-state index in [0.717, 1.165) is 27.6 Å². The van der Waals surface area contributed by atoms with Crippen LogP contribution in [0.25, 0.3) is 27.6 Å². The topological polar surface area (TPSA) is 109 Å². The molecule has 3 aromatic heterocycles. The normalized spacial score (nSPS) is 11.6. The van der Waals surface area contributed by atoms with Crippen LogP contribution in [0.15, 0.2) is 83.3 Å². The highest BCUT2D eigenvalue weighted by Crippen LogP contribution is 2.33. The lowest BCUT2D eigenvalue weighted by molar-refractivity contribution is 0.475. The van der Waals surface area contributed by atoms with Crippen molar-refractivity contribution in [1.82, 2.24) is 19.4 Å². The standard InChI is InChI=1S/C24H21N5O3S2/c30-18-7-9-19(10-8-18)34(31,32)16-4-12-25-23-26-13-11-20(27-23)22-21(17-5-2-1-3-6-17)28-24-29(22)14-15-33-24/h1-3,5-11,13-15,30H,4,12,16H2,(H,25,26,27). The first-order valence-corrected chi connectivity index (χ1v) is 13.1. The number of aromatic hydroxyl groups is 1. The van der Waals surface area contributed by atoms with Gasteiger partial charge in [0, 0.05) is 29.9 Å². The predicted octanol–water partition coefficient (Wildman–Crippen LogP) is 4.50. The molecule has 0 fully saturated rings. The maximum atomic E-state index is 12.5. The predicted molar refractivity (Wildman–Crippen MR) is 133 cm³/mol. The minimum Gasteiger partial charge on any atom is -0.508 e. The summed E-state index contributed by atoms with van der Waals surface area (Å²) in [6, 6.07) is 17.4. The Morgan fingerprint density at radius 1 is 1.00 bits per heavy atom. The number of sulfone groups is 1. The van der Waals surface area contributed by atoms with E-state index < -0.39 is 9.84 Å². The lowest BCUT2D eigenvalue weighted by Crippen LogP contribution is -2.13. The van der Waals surface area contributed by atoms with Crippen LogP contribution in [0, 0.1) is 0 Å². The van der Waals surface area contributed by atoms with Gasteiger partial charge in [0.25, 0.3) is 0 Å². The summed E-state index contributed by atoms with van der Waals surface area (Å²) in [4.78, 5) is 14.8. The van der Waals surface area contributed by atoms with E-state index in [0.29, 0.717) is 18.9 Å². The van der Waals surface area contributed by atoms with Crippen LogP contribution in [0.4, 0.5) is 5.95 Å². The van der Waals surface area contributed by atoms with Crippen molar-refractivity contribution in [3.05, 3.63) is 78.4 Å². The van der Waals surface area contributed by atoms with Crippen molar-refractivity contribution >= 4 is 32.1 Å². The molecule has 2 aromatic carbocycles. The number of thiazole rings is 1. The largest absolute Gasteiger partial charge is 0.508 e. The molecule has 0 aliphatic heterocycles. The second-order valence-corrected chi connectivity index (χ2v) is 10.6. The van der Waals surface area contributed by atoms with Gasteiger partial charge in [-0.1, -0.05) is 30.3 Å². The highest BCUT2D eigenvalue weighted by molar-refractivity contribution is 7.91. The highest BCUT2D eigenvalue weighted by Gasteiger charge is 2.18. The third kappa shape index (κ3) is 4.50. The molecular weight excluding hydrogens is 470 g/mol. The van der Waals surface area contributed by atoms with Crippen LogP contribution in [0.5, 0.6) is 5.75 Å². The first kappa shape index (κ1) is 22.1. The molecule has 5 aromatic rings. The van der Waals surface area contributed by atoms with Gasteiger partial charge in [-0.05, 0) is 36.8 Å². The number of imidazole rings is 1. The highest BCUT2D eigenvalue weighted by atomic mass is 32.2. The first-order chi connectivity index (χ1) is 16.5. The van der Waals surface area contributed by atoms with E-state index in [9.17, 15) is 13.5 Å². The lowest BCUT2D eigenvalue weighted by Gasteiger charge is -2.08. The van der Waals surface area contributed by atoms with E-state index >= 15 is 0 Å².